The Kier molecular flexibility index (Phi) is 6.73. The molecule has 9 nitrogen and oxygen atoms in total. The predicted octanol–water partition coefficient (Wildman–Crippen LogP) is 3.37. The first-order valence-corrected chi connectivity index (χ1v) is 13.0. The van der Waals surface area contributed by atoms with Gasteiger partial charge in [-0.15, -0.1) is 0 Å². The Bertz CT molecular complexity index is 1180. The van der Waals surface area contributed by atoms with Crippen molar-refractivity contribution in [3.63, 3.8) is 0 Å². The van der Waals surface area contributed by atoms with Crippen LogP contribution in [0.25, 0.3) is 0 Å². The van der Waals surface area contributed by atoms with Gasteiger partial charge in [0.05, 0.1) is 28.6 Å². The Morgan fingerprint density at radius 2 is 1.88 bits per heavy atom. The van der Waals surface area contributed by atoms with E-state index in [1.54, 1.807) is 50.1 Å². The van der Waals surface area contributed by atoms with Crippen LogP contribution in [0.1, 0.15) is 33.6 Å². The van der Waals surface area contributed by atoms with E-state index in [1.165, 1.54) is 7.11 Å². The smallest absolute Gasteiger partial charge is 0.249 e. The highest BCUT2D eigenvalue weighted by Gasteiger charge is 2.39. The van der Waals surface area contributed by atoms with E-state index in [0.29, 0.717) is 30.5 Å². The van der Waals surface area contributed by atoms with Crippen molar-refractivity contribution in [2.24, 2.45) is 0 Å². The number of methoxy groups -OCH3 is 1. The predicted molar refractivity (Wildman–Crippen MR) is 132 cm³/mol. The van der Waals surface area contributed by atoms with Gasteiger partial charge in [-0.2, -0.15) is 0 Å². The van der Waals surface area contributed by atoms with Gasteiger partial charge in [0, 0.05) is 26.3 Å². The minimum atomic E-state index is -3.46. The zero-order valence-corrected chi connectivity index (χ0v) is 21.1. The molecule has 2 aromatic rings. The number of sulfone groups is 1. The standard InChI is InChI=1S/C24H32N4O5S/c1-15(2)34(30,31)18-6-8-21(32-5)19(14-18)25-22-9-7-20-23(26-22)28(16(3)24(29)27(20)4)17-10-12-33-13-11-17/h6-9,14-17H,10-13H2,1-5H3,(H,25,26)/t16-/m1/s1. The van der Waals surface area contributed by atoms with Crippen LogP contribution in [-0.4, -0.2) is 64.0 Å². The number of fused-ring (bicyclic) bond motifs is 1. The summed E-state index contributed by atoms with van der Waals surface area (Å²) in [5, 5.41) is 2.69. The number of amides is 1. The molecule has 1 saturated heterocycles. The normalized spacial score (nSPS) is 19.4. The van der Waals surface area contributed by atoms with Crippen molar-refractivity contribution in [3.8, 4) is 5.75 Å². The van der Waals surface area contributed by atoms with Crippen LogP contribution in [0.4, 0.5) is 23.0 Å². The summed E-state index contributed by atoms with van der Waals surface area (Å²) < 4.78 is 36.4. The molecule has 184 valence electrons. The summed E-state index contributed by atoms with van der Waals surface area (Å²) >= 11 is 0. The third-order valence-electron chi connectivity index (χ3n) is 6.53. The highest BCUT2D eigenvalue weighted by molar-refractivity contribution is 7.92. The van der Waals surface area contributed by atoms with Crippen LogP contribution in [0.2, 0.25) is 0 Å². The van der Waals surface area contributed by atoms with E-state index in [2.05, 4.69) is 10.2 Å². The minimum Gasteiger partial charge on any atom is -0.495 e. The summed E-state index contributed by atoms with van der Waals surface area (Å²) in [7, 11) is -0.160. The van der Waals surface area contributed by atoms with Crippen LogP contribution in [0.5, 0.6) is 5.75 Å². The van der Waals surface area contributed by atoms with Gasteiger partial charge in [0.1, 0.15) is 17.6 Å². The van der Waals surface area contributed by atoms with Crippen LogP contribution >= 0.6 is 0 Å². The average molecular weight is 489 g/mol. The molecule has 34 heavy (non-hydrogen) atoms. The van der Waals surface area contributed by atoms with E-state index in [4.69, 9.17) is 14.5 Å². The van der Waals surface area contributed by atoms with E-state index >= 15 is 0 Å². The maximum Gasteiger partial charge on any atom is 0.249 e. The molecule has 0 unspecified atom stereocenters. The second-order valence-corrected chi connectivity index (χ2v) is 11.4. The molecule has 1 aromatic heterocycles. The van der Waals surface area contributed by atoms with E-state index in [-0.39, 0.29) is 22.9 Å². The first-order valence-electron chi connectivity index (χ1n) is 11.5. The monoisotopic (exact) mass is 488 g/mol. The van der Waals surface area contributed by atoms with Crippen LogP contribution in [0, 0.1) is 0 Å². The fourth-order valence-corrected chi connectivity index (χ4v) is 5.57. The van der Waals surface area contributed by atoms with Gasteiger partial charge < -0.3 is 24.6 Å². The fourth-order valence-electron chi connectivity index (χ4n) is 4.49. The molecule has 1 N–H and O–H groups in total. The third kappa shape index (κ3) is 4.32. The van der Waals surface area contributed by atoms with Crippen molar-refractivity contribution in [2.45, 2.75) is 55.8 Å². The molecule has 0 spiro atoms. The molecule has 0 aliphatic carbocycles. The Labute approximate surface area is 201 Å². The molecule has 1 fully saturated rings. The second kappa shape index (κ2) is 9.42. The van der Waals surface area contributed by atoms with Gasteiger partial charge in [-0.1, -0.05) is 0 Å². The lowest BCUT2D eigenvalue weighted by molar-refractivity contribution is -0.119. The molecule has 4 rings (SSSR count). The van der Waals surface area contributed by atoms with Crippen LogP contribution in [0.15, 0.2) is 35.2 Å². The van der Waals surface area contributed by atoms with Crippen LogP contribution in [-0.2, 0) is 19.4 Å². The van der Waals surface area contributed by atoms with Crippen molar-refractivity contribution in [2.75, 3.05) is 42.5 Å². The molecule has 2 aliphatic rings. The van der Waals surface area contributed by atoms with Crippen molar-refractivity contribution < 1.29 is 22.7 Å². The first kappa shape index (κ1) is 24.3. The van der Waals surface area contributed by atoms with Gasteiger partial charge in [-0.05, 0) is 63.9 Å². The quantitative estimate of drug-likeness (QED) is 0.661. The number of aromatic nitrogens is 1. The highest BCUT2D eigenvalue weighted by Crippen LogP contribution is 2.39. The molecule has 10 heteroatoms. The van der Waals surface area contributed by atoms with Crippen molar-refractivity contribution in [1.82, 2.24) is 4.98 Å². The largest absolute Gasteiger partial charge is 0.495 e. The van der Waals surface area contributed by atoms with Gasteiger partial charge >= 0.3 is 0 Å². The number of benzene rings is 1. The Morgan fingerprint density at radius 3 is 2.53 bits per heavy atom. The summed E-state index contributed by atoms with van der Waals surface area (Å²) in [5.41, 5.74) is 1.24. The molecular formula is C24H32N4O5S. The number of likely N-dealkylation sites (N-methyl/N-ethyl adjacent to an activating group) is 1. The number of carbonyl (C=O) groups excluding carboxylic acids is 1. The summed E-state index contributed by atoms with van der Waals surface area (Å²) in [5.74, 6) is 1.78. The lowest BCUT2D eigenvalue weighted by Crippen LogP contribution is -2.56. The van der Waals surface area contributed by atoms with Gasteiger partial charge in [-0.25, -0.2) is 13.4 Å². The minimum absolute atomic E-state index is 0.0229. The zero-order chi connectivity index (χ0) is 24.6. The Balaban J connectivity index is 1.74. The van der Waals surface area contributed by atoms with E-state index in [0.717, 1.165) is 24.3 Å². The molecule has 1 aromatic carbocycles. The summed E-state index contributed by atoms with van der Waals surface area (Å²) in [6.07, 6.45) is 1.64. The lowest BCUT2D eigenvalue weighted by Gasteiger charge is -2.44. The Morgan fingerprint density at radius 1 is 1.18 bits per heavy atom. The number of pyridine rings is 1. The molecule has 0 radical (unpaired) electrons. The van der Waals surface area contributed by atoms with E-state index in [1.807, 2.05) is 13.0 Å². The average Bonchev–Trinajstić information content (AvgIpc) is 2.83. The maximum absolute atomic E-state index is 12.9. The molecule has 1 amide bonds. The second-order valence-electron chi connectivity index (χ2n) is 8.94. The highest BCUT2D eigenvalue weighted by atomic mass is 32.2. The van der Waals surface area contributed by atoms with Crippen molar-refractivity contribution in [1.29, 1.82) is 0 Å². The number of hydrogen-bond acceptors (Lipinski definition) is 8. The first-order chi connectivity index (χ1) is 16.1. The molecule has 0 saturated carbocycles. The molecule has 3 heterocycles. The number of hydrogen-bond donors (Lipinski definition) is 1. The van der Waals surface area contributed by atoms with E-state index < -0.39 is 15.1 Å². The summed E-state index contributed by atoms with van der Waals surface area (Å²) in [6.45, 7) is 6.52. The van der Waals surface area contributed by atoms with Crippen LogP contribution < -0.4 is 19.9 Å². The number of nitrogens with one attached hydrogen (secondary N) is 1. The van der Waals surface area contributed by atoms with Crippen LogP contribution in [0.3, 0.4) is 0 Å². The van der Waals surface area contributed by atoms with Gasteiger partial charge in [0.2, 0.25) is 5.91 Å². The number of rotatable bonds is 6. The molecular weight excluding hydrogens is 456 g/mol. The number of ether oxygens (including phenoxy) is 2. The Hall–Kier alpha value is -2.85. The topological polar surface area (TPSA) is 101 Å². The zero-order valence-electron chi connectivity index (χ0n) is 20.2. The third-order valence-corrected chi connectivity index (χ3v) is 8.68. The molecule has 0 bridgehead atoms. The maximum atomic E-state index is 12.9. The summed E-state index contributed by atoms with van der Waals surface area (Å²) in [6, 6.07) is 8.21. The molecule has 2 aliphatic heterocycles. The number of nitrogens with zero attached hydrogens (tertiary/aromatic N) is 3. The molecule has 1 atom stereocenters. The van der Waals surface area contributed by atoms with Crippen molar-refractivity contribution in [3.05, 3.63) is 30.3 Å². The SMILES string of the molecule is COc1ccc(S(=O)(=O)C(C)C)cc1Nc1ccc2c(n1)N(C1CCOCC1)[C@H](C)C(=O)N2C. The van der Waals surface area contributed by atoms with Gasteiger partial charge in [-0.3, -0.25) is 4.79 Å². The summed E-state index contributed by atoms with van der Waals surface area (Å²) in [4.78, 5) is 21.8. The van der Waals surface area contributed by atoms with E-state index in [9.17, 15) is 13.2 Å². The van der Waals surface area contributed by atoms with Gasteiger partial charge in [0.15, 0.2) is 15.7 Å². The number of anilines is 4. The van der Waals surface area contributed by atoms with Crippen molar-refractivity contribution >= 4 is 38.8 Å². The fraction of sp³-hybridized carbons (Fsp3) is 0.500. The van der Waals surface area contributed by atoms with Gasteiger partial charge in [0.25, 0.3) is 0 Å². The lowest BCUT2D eigenvalue weighted by atomic mass is 10.0. The number of carbonyl (C=O) groups is 1.